The minimum atomic E-state index is 0.310. The second kappa shape index (κ2) is 4.91. The van der Waals surface area contributed by atoms with Crippen molar-refractivity contribution < 1.29 is 4.74 Å². The third-order valence-electron chi connectivity index (χ3n) is 1.81. The van der Waals surface area contributed by atoms with Crippen LogP contribution in [-0.4, -0.2) is 9.97 Å². The van der Waals surface area contributed by atoms with Gasteiger partial charge in [-0.05, 0) is 28.1 Å². The number of ether oxygens (including phenoxy) is 1. The Morgan fingerprint density at radius 2 is 2.06 bits per heavy atom. The lowest BCUT2D eigenvalue weighted by Crippen LogP contribution is -2.10. The smallest absolute Gasteiger partial charge is 0.240 e. The van der Waals surface area contributed by atoms with Crippen molar-refractivity contribution in [3.63, 3.8) is 0 Å². The number of hydrogen-bond acceptors (Lipinski definition) is 5. The van der Waals surface area contributed by atoms with E-state index >= 15 is 0 Å². The number of aromatic nitrogens is 2. The van der Waals surface area contributed by atoms with Crippen LogP contribution in [0.4, 0.5) is 5.95 Å². The summed E-state index contributed by atoms with van der Waals surface area (Å²) in [6.45, 7) is 0. The average molecular weight is 281 g/mol. The van der Waals surface area contributed by atoms with Gasteiger partial charge in [-0.1, -0.05) is 12.1 Å². The van der Waals surface area contributed by atoms with E-state index in [9.17, 15) is 0 Å². The van der Waals surface area contributed by atoms with Crippen LogP contribution in [0.15, 0.2) is 41.0 Å². The van der Waals surface area contributed by atoms with Crippen LogP contribution in [0, 0.1) is 0 Å². The van der Waals surface area contributed by atoms with E-state index in [1.165, 1.54) is 0 Å². The minimum Gasteiger partial charge on any atom is -0.438 e. The number of benzene rings is 1. The standard InChI is InChI=1S/C10H9BrN4O/c11-7-3-1-2-4-8(7)16-9-5-6-13-10(14-9)15-12/h1-6H,12H2,(H,13,14,15). The SMILES string of the molecule is NNc1nccc(Oc2ccccc2Br)n1. The maximum absolute atomic E-state index is 5.56. The molecule has 0 radical (unpaired) electrons. The van der Waals surface area contributed by atoms with Gasteiger partial charge in [-0.2, -0.15) is 4.98 Å². The number of para-hydroxylation sites is 1. The zero-order valence-electron chi connectivity index (χ0n) is 8.22. The van der Waals surface area contributed by atoms with E-state index in [-0.39, 0.29) is 0 Å². The summed E-state index contributed by atoms with van der Waals surface area (Å²) in [5.74, 6) is 6.62. The normalized spacial score (nSPS) is 9.88. The molecular weight excluding hydrogens is 272 g/mol. The number of anilines is 1. The predicted octanol–water partition coefficient (Wildman–Crippen LogP) is 2.32. The summed E-state index contributed by atoms with van der Waals surface area (Å²) >= 11 is 3.38. The molecule has 0 amide bonds. The number of nitrogens with one attached hydrogen (secondary N) is 1. The monoisotopic (exact) mass is 280 g/mol. The van der Waals surface area contributed by atoms with Crippen LogP contribution in [0.5, 0.6) is 11.6 Å². The van der Waals surface area contributed by atoms with Gasteiger partial charge in [0.2, 0.25) is 11.8 Å². The lowest BCUT2D eigenvalue weighted by atomic mass is 10.3. The molecule has 0 unspecified atom stereocenters. The highest BCUT2D eigenvalue weighted by atomic mass is 79.9. The first kappa shape index (κ1) is 10.8. The van der Waals surface area contributed by atoms with Gasteiger partial charge in [-0.25, -0.2) is 10.8 Å². The number of nitrogen functional groups attached to an aromatic ring is 1. The van der Waals surface area contributed by atoms with Crippen LogP contribution < -0.4 is 16.0 Å². The van der Waals surface area contributed by atoms with E-state index < -0.39 is 0 Å². The van der Waals surface area contributed by atoms with Crippen LogP contribution in [0.3, 0.4) is 0 Å². The highest BCUT2D eigenvalue weighted by molar-refractivity contribution is 9.10. The second-order valence-corrected chi connectivity index (χ2v) is 3.75. The summed E-state index contributed by atoms with van der Waals surface area (Å²) < 4.78 is 6.42. The van der Waals surface area contributed by atoms with Gasteiger partial charge in [-0.3, -0.25) is 5.43 Å². The Labute approximate surface area is 101 Å². The molecule has 0 bridgehead atoms. The summed E-state index contributed by atoms with van der Waals surface area (Å²) in [6, 6.07) is 9.16. The van der Waals surface area contributed by atoms with E-state index in [4.69, 9.17) is 10.6 Å². The molecule has 0 saturated heterocycles. The lowest BCUT2D eigenvalue weighted by molar-refractivity contribution is 0.459. The summed E-state index contributed by atoms with van der Waals surface area (Å²) in [5.41, 5.74) is 2.35. The molecule has 16 heavy (non-hydrogen) atoms. The van der Waals surface area contributed by atoms with Crippen LogP contribution in [-0.2, 0) is 0 Å². The quantitative estimate of drug-likeness (QED) is 0.667. The molecule has 1 heterocycles. The van der Waals surface area contributed by atoms with Gasteiger partial charge in [0.15, 0.2) is 0 Å². The number of halogens is 1. The van der Waals surface area contributed by atoms with Crippen LogP contribution in [0.1, 0.15) is 0 Å². The Morgan fingerprint density at radius 1 is 1.25 bits per heavy atom. The first-order valence-corrected chi connectivity index (χ1v) is 5.31. The maximum Gasteiger partial charge on any atom is 0.240 e. The molecule has 0 spiro atoms. The molecule has 0 aliphatic heterocycles. The predicted molar refractivity (Wildman–Crippen MR) is 64.1 cm³/mol. The Balaban J connectivity index is 2.24. The van der Waals surface area contributed by atoms with Gasteiger partial charge < -0.3 is 4.74 Å². The molecule has 1 aromatic heterocycles. The molecule has 2 aromatic rings. The van der Waals surface area contributed by atoms with E-state index in [2.05, 4.69) is 31.3 Å². The fourth-order valence-electron chi connectivity index (χ4n) is 1.11. The number of nitrogens with two attached hydrogens (primary N) is 1. The van der Waals surface area contributed by atoms with Gasteiger partial charge in [0.1, 0.15) is 5.75 Å². The molecular formula is C10H9BrN4O. The molecule has 82 valence electrons. The van der Waals surface area contributed by atoms with Gasteiger partial charge in [-0.15, -0.1) is 0 Å². The van der Waals surface area contributed by atoms with E-state index in [1.807, 2.05) is 24.3 Å². The molecule has 0 fully saturated rings. The zero-order valence-corrected chi connectivity index (χ0v) is 9.81. The zero-order chi connectivity index (χ0) is 11.4. The Kier molecular flexibility index (Phi) is 3.33. The Hall–Kier alpha value is -1.66. The topological polar surface area (TPSA) is 73.1 Å². The third kappa shape index (κ3) is 2.47. The average Bonchev–Trinajstić information content (AvgIpc) is 2.32. The summed E-state index contributed by atoms with van der Waals surface area (Å²) in [5, 5.41) is 0. The van der Waals surface area contributed by atoms with Crippen LogP contribution >= 0.6 is 15.9 Å². The van der Waals surface area contributed by atoms with Crippen molar-refractivity contribution in [2.45, 2.75) is 0 Å². The first-order chi connectivity index (χ1) is 7.79. The van der Waals surface area contributed by atoms with E-state index in [0.717, 1.165) is 4.47 Å². The molecule has 1 aromatic carbocycles. The van der Waals surface area contributed by atoms with Crippen molar-refractivity contribution in [3.05, 3.63) is 41.0 Å². The van der Waals surface area contributed by atoms with Crippen LogP contribution in [0.2, 0.25) is 0 Å². The third-order valence-corrected chi connectivity index (χ3v) is 2.47. The van der Waals surface area contributed by atoms with Crippen molar-refractivity contribution in [1.82, 2.24) is 9.97 Å². The van der Waals surface area contributed by atoms with Gasteiger partial charge in [0, 0.05) is 12.3 Å². The fraction of sp³-hybridized carbons (Fsp3) is 0. The molecule has 0 atom stereocenters. The summed E-state index contributed by atoms with van der Waals surface area (Å²) in [7, 11) is 0. The Morgan fingerprint density at radius 3 is 2.81 bits per heavy atom. The first-order valence-electron chi connectivity index (χ1n) is 4.51. The molecule has 2 rings (SSSR count). The molecule has 6 heteroatoms. The van der Waals surface area contributed by atoms with Crippen molar-refractivity contribution in [3.8, 4) is 11.6 Å². The number of hydrogen-bond donors (Lipinski definition) is 2. The highest BCUT2D eigenvalue weighted by Gasteiger charge is 2.03. The van der Waals surface area contributed by atoms with Gasteiger partial charge in [0.05, 0.1) is 4.47 Å². The summed E-state index contributed by atoms with van der Waals surface area (Å²) in [4.78, 5) is 7.92. The van der Waals surface area contributed by atoms with Crippen LogP contribution in [0.25, 0.3) is 0 Å². The fourth-order valence-corrected chi connectivity index (χ4v) is 1.47. The van der Waals surface area contributed by atoms with Gasteiger partial charge >= 0.3 is 0 Å². The minimum absolute atomic E-state index is 0.310. The summed E-state index contributed by atoms with van der Waals surface area (Å²) in [6.07, 6.45) is 1.56. The van der Waals surface area contributed by atoms with E-state index in [0.29, 0.717) is 17.6 Å². The highest BCUT2D eigenvalue weighted by Crippen LogP contribution is 2.28. The number of nitrogens with zero attached hydrogens (tertiary/aromatic N) is 2. The maximum atomic E-state index is 5.56. The Bertz CT molecular complexity index is 492. The van der Waals surface area contributed by atoms with Crippen molar-refractivity contribution in [2.75, 3.05) is 5.43 Å². The molecule has 0 aliphatic carbocycles. The van der Waals surface area contributed by atoms with Crippen molar-refractivity contribution >= 4 is 21.9 Å². The molecule has 0 saturated carbocycles. The second-order valence-electron chi connectivity index (χ2n) is 2.90. The number of hydrazine groups is 1. The van der Waals surface area contributed by atoms with E-state index in [1.54, 1.807) is 12.3 Å². The van der Waals surface area contributed by atoms with Gasteiger partial charge in [0.25, 0.3) is 0 Å². The van der Waals surface area contributed by atoms with Crippen molar-refractivity contribution in [2.24, 2.45) is 5.84 Å². The number of rotatable bonds is 3. The lowest BCUT2D eigenvalue weighted by Gasteiger charge is -2.06. The van der Waals surface area contributed by atoms with Crippen molar-refractivity contribution in [1.29, 1.82) is 0 Å². The largest absolute Gasteiger partial charge is 0.438 e. The molecule has 3 N–H and O–H groups in total. The molecule has 5 nitrogen and oxygen atoms in total. The molecule has 0 aliphatic rings.